The van der Waals surface area contributed by atoms with Gasteiger partial charge < -0.3 is 14.8 Å². The summed E-state index contributed by atoms with van der Waals surface area (Å²) in [6, 6.07) is 11.9. The number of esters is 2. The van der Waals surface area contributed by atoms with Crippen LogP contribution in [0.25, 0.3) is 10.9 Å². The number of pyridine rings is 1. The van der Waals surface area contributed by atoms with Crippen molar-refractivity contribution in [1.29, 1.82) is 0 Å². The van der Waals surface area contributed by atoms with Gasteiger partial charge in [-0.2, -0.15) is 0 Å². The summed E-state index contributed by atoms with van der Waals surface area (Å²) in [6.07, 6.45) is 1.43. The maximum Gasteiger partial charge on any atom is 0.341 e. The van der Waals surface area contributed by atoms with E-state index in [2.05, 4.69) is 10.3 Å². The Morgan fingerprint density at radius 1 is 0.933 bits per heavy atom. The normalized spacial score (nSPS) is 10.5. The predicted molar refractivity (Wildman–Crippen MR) is 113 cm³/mol. The highest BCUT2D eigenvalue weighted by Crippen LogP contribution is 2.31. The zero-order chi connectivity index (χ0) is 21.7. The summed E-state index contributed by atoms with van der Waals surface area (Å²) < 4.78 is 10.3. The molecule has 1 aromatic heterocycles. The SMILES string of the molecule is CCOC(=O)c1ccc2ncc(C(=O)OCC)c(Nc3cccc(C(C)=O)c3)c2c1. The molecule has 0 saturated heterocycles. The summed E-state index contributed by atoms with van der Waals surface area (Å²) in [6.45, 7) is 5.39. The van der Waals surface area contributed by atoms with Crippen LogP contribution in [0.3, 0.4) is 0 Å². The number of Topliss-reactive ketones (excluding diaryl/α,β-unsaturated/α-hetero) is 1. The molecule has 0 unspecified atom stereocenters. The monoisotopic (exact) mass is 406 g/mol. The molecular weight excluding hydrogens is 384 g/mol. The molecule has 1 N–H and O–H groups in total. The van der Waals surface area contributed by atoms with Gasteiger partial charge in [0.2, 0.25) is 0 Å². The Morgan fingerprint density at radius 3 is 2.37 bits per heavy atom. The standard InChI is InChI=1S/C23H22N2O5/c1-4-29-22(27)16-9-10-20-18(12-16)21(19(13-24-20)23(28)30-5-2)25-17-8-6-7-15(11-17)14(3)26/h6-13H,4-5H2,1-3H3,(H,24,25). The molecule has 0 amide bonds. The number of hydrogen-bond donors (Lipinski definition) is 1. The summed E-state index contributed by atoms with van der Waals surface area (Å²) in [7, 11) is 0. The first-order valence-corrected chi connectivity index (χ1v) is 9.59. The Labute approximate surface area is 174 Å². The molecule has 2 aromatic carbocycles. The molecule has 1 heterocycles. The molecule has 0 aliphatic carbocycles. The van der Waals surface area contributed by atoms with Gasteiger partial charge in [-0.1, -0.05) is 12.1 Å². The van der Waals surface area contributed by atoms with E-state index in [-0.39, 0.29) is 24.6 Å². The lowest BCUT2D eigenvalue weighted by Gasteiger charge is -2.15. The van der Waals surface area contributed by atoms with Crippen molar-refractivity contribution < 1.29 is 23.9 Å². The van der Waals surface area contributed by atoms with E-state index in [0.29, 0.717) is 33.4 Å². The number of ketones is 1. The largest absolute Gasteiger partial charge is 0.462 e. The van der Waals surface area contributed by atoms with Crippen molar-refractivity contribution >= 4 is 40.0 Å². The lowest BCUT2D eigenvalue weighted by atomic mass is 10.1. The fraction of sp³-hybridized carbons (Fsp3) is 0.217. The summed E-state index contributed by atoms with van der Waals surface area (Å²) >= 11 is 0. The molecule has 0 aliphatic rings. The van der Waals surface area contributed by atoms with Crippen molar-refractivity contribution in [3.63, 3.8) is 0 Å². The quantitative estimate of drug-likeness (QED) is 0.455. The first-order valence-electron chi connectivity index (χ1n) is 9.59. The van der Waals surface area contributed by atoms with Gasteiger partial charge in [-0.15, -0.1) is 0 Å². The second-order valence-corrected chi connectivity index (χ2v) is 6.48. The van der Waals surface area contributed by atoms with Crippen molar-refractivity contribution in [1.82, 2.24) is 4.98 Å². The van der Waals surface area contributed by atoms with E-state index >= 15 is 0 Å². The van der Waals surface area contributed by atoms with E-state index in [4.69, 9.17) is 9.47 Å². The van der Waals surface area contributed by atoms with E-state index in [1.807, 2.05) is 0 Å². The molecule has 0 saturated carbocycles. The first kappa shape index (κ1) is 21.0. The molecule has 0 aliphatic heterocycles. The third kappa shape index (κ3) is 4.46. The number of hydrogen-bond acceptors (Lipinski definition) is 7. The highest BCUT2D eigenvalue weighted by atomic mass is 16.5. The van der Waals surface area contributed by atoms with Crippen molar-refractivity contribution in [2.24, 2.45) is 0 Å². The van der Waals surface area contributed by atoms with Crippen LogP contribution in [0, 0.1) is 0 Å². The molecule has 30 heavy (non-hydrogen) atoms. The van der Waals surface area contributed by atoms with Crippen LogP contribution in [0.1, 0.15) is 51.8 Å². The van der Waals surface area contributed by atoms with E-state index in [0.717, 1.165) is 0 Å². The highest BCUT2D eigenvalue weighted by molar-refractivity contribution is 6.08. The zero-order valence-corrected chi connectivity index (χ0v) is 17.0. The number of nitrogens with one attached hydrogen (secondary N) is 1. The minimum Gasteiger partial charge on any atom is -0.462 e. The molecule has 0 spiro atoms. The lowest BCUT2D eigenvalue weighted by molar-refractivity contribution is 0.0518. The number of benzene rings is 2. The van der Waals surface area contributed by atoms with Crippen molar-refractivity contribution in [3.8, 4) is 0 Å². The van der Waals surface area contributed by atoms with Crippen LogP contribution in [0.2, 0.25) is 0 Å². The molecule has 3 aromatic rings. The van der Waals surface area contributed by atoms with Crippen LogP contribution < -0.4 is 5.32 Å². The molecule has 7 heteroatoms. The Bertz CT molecular complexity index is 1120. The van der Waals surface area contributed by atoms with Gasteiger partial charge in [0.25, 0.3) is 0 Å². The molecule has 7 nitrogen and oxygen atoms in total. The Kier molecular flexibility index (Phi) is 6.41. The Balaban J connectivity index is 2.17. The topological polar surface area (TPSA) is 94.6 Å². The van der Waals surface area contributed by atoms with Crippen LogP contribution in [0.4, 0.5) is 11.4 Å². The number of nitrogens with zero attached hydrogens (tertiary/aromatic N) is 1. The minimum absolute atomic E-state index is 0.0755. The van der Waals surface area contributed by atoms with Gasteiger partial charge in [-0.05, 0) is 51.1 Å². The maximum atomic E-state index is 12.5. The second kappa shape index (κ2) is 9.17. The number of carbonyl (C=O) groups is 3. The first-order chi connectivity index (χ1) is 14.4. The van der Waals surface area contributed by atoms with E-state index in [1.54, 1.807) is 56.3 Å². The van der Waals surface area contributed by atoms with E-state index in [9.17, 15) is 14.4 Å². The van der Waals surface area contributed by atoms with Gasteiger partial charge in [0.05, 0.1) is 30.0 Å². The smallest absolute Gasteiger partial charge is 0.341 e. The van der Waals surface area contributed by atoms with Crippen molar-refractivity contribution in [2.75, 3.05) is 18.5 Å². The maximum absolute atomic E-state index is 12.5. The molecule has 0 radical (unpaired) electrons. The van der Waals surface area contributed by atoms with Crippen LogP contribution in [0.5, 0.6) is 0 Å². The van der Waals surface area contributed by atoms with E-state index < -0.39 is 11.9 Å². The number of anilines is 2. The van der Waals surface area contributed by atoms with E-state index in [1.165, 1.54) is 13.1 Å². The lowest BCUT2D eigenvalue weighted by Crippen LogP contribution is -2.10. The predicted octanol–water partition coefficient (Wildman–Crippen LogP) is 4.53. The van der Waals surface area contributed by atoms with Gasteiger partial charge in [0, 0.05) is 22.8 Å². The van der Waals surface area contributed by atoms with Crippen molar-refractivity contribution in [2.45, 2.75) is 20.8 Å². The fourth-order valence-corrected chi connectivity index (χ4v) is 2.99. The van der Waals surface area contributed by atoms with Gasteiger partial charge in [-0.25, -0.2) is 9.59 Å². The van der Waals surface area contributed by atoms with Crippen molar-refractivity contribution in [3.05, 3.63) is 65.4 Å². The summed E-state index contributed by atoms with van der Waals surface area (Å²) in [5, 5.41) is 3.76. The minimum atomic E-state index is -0.543. The average molecular weight is 406 g/mol. The Hall–Kier alpha value is -3.74. The number of aromatic nitrogens is 1. The van der Waals surface area contributed by atoms with Crippen LogP contribution in [0.15, 0.2) is 48.7 Å². The number of ether oxygens (including phenoxy) is 2. The van der Waals surface area contributed by atoms with Crippen LogP contribution in [-0.2, 0) is 9.47 Å². The molecule has 3 rings (SSSR count). The zero-order valence-electron chi connectivity index (χ0n) is 17.0. The van der Waals surface area contributed by atoms with Gasteiger partial charge in [-0.3, -0.25) is 9.78 Å². The number of fused-ring (bicyclic) bond motifs is 1. The third-order valence-corrected chi connectivity index (χ3v) is 4.41. The summed E-state index contributed by atoms with van der Waals surface area (Å²) in [4.78, 5) is 40.8. The Morgan fingerprint density at radius 2 is 1.67 bits per heavy atom. The average Bonchev–Trinajstić information content (AvgIpc) is 2.74. The second-order valence-electron chi connectivity index (χ2n) is 6.48. The molecule has 0 bridgehead atoms. The highest BCUT2D eigenvalue weighted by Gasteiger charge is 2.19. The molecule has 0 atom stereocenters. The summed E-state index contributed by atoms with van der Waals surface area (Å²) in [5.74, 6) is -1.09. The van der Waals surface area contributed by atoms with Gasteiger partial charge in [0.15, 0.2) is 5.78 Å². The van der Waals surface area contributed by atoms with Gasteiger partial charge >= 0.3 is 11.9 Å². The number of rotatable bonds is 7. The van der Waals surface area contributed by atoms with Crippen LogP contribution >= 0.6 is 0 Å². The molecule has 154 valence electrons. The summed E-state index contributed by atoms with van der Waals surface area (Å²) in [5.41, 5.74) is 2.73. The third-order valence-electron chi connectivity index (χ3n) is 4.41. The molecular formula is C23H22N2O5. The van der Waals surface area contributed by atoms with Crippen LogP contribution in [-0.4, -0.2) is 35.9 Å². The molecule has 0 fully saturated rings. The van der Waals surface area contributed by atoms with Gasteiger partial charge in [0.1, 0.15) is 5.56 Å². The fourth-order valence-electron chi connectivity index (χ4n) is 2.99. The number of carbonyl (C=O) groups excluding carboxylic acids is 3.